The molecule has 13 heteroatoms. The highest BCUT2D eigenvalue weighted by Gasteiger charge is 2.43. The van der Waals surface area contributed by atoms with Crippen molar-refractivity contribution in [1.29, 1.82) is 0 Å². The standard InChI is InChI=1S/C24H36FN7O4S/c1-4-7-21(33)36-14-19-22(25)23(28-20-10-15(3)30-31-20)29-24(27-19)26-13-16-11-17-8-6-9-18(12-16)32(17)37(34,35)5-2/h10,16-18H,4-9,11-14H2,1-3H3,(H3,26,27,28,29,30,31). The van der Waals surface area contributed by atoms with Gasteiger partial charge in [-0.2, -0.15) is 14.4 Å². The predicted octanol–water partition coefficient (Wildman–Crippen LogP) is 3.63. The summed E-state index contributed by atoms with van der Waals surface area (Å²) in [5, 5.41) is 12.9. The van der Waals surface area contributed by atoms with Crippen molar-refractivity contribution < 1.29 is 22.3 Å². The number of aromatic amines is 1. The first-order valence-electron chi connectivity index (χ1n) is 13.0. The minimum Gasteiger partial charge on any atom is -0.459 e. The summed E-state index contributed by atoms with van der Waals surface area (Å²) >= 11 is 0. The molecule has 2 aromatic rings. The van der Waals surface area contributed by atoms with Crippen LogP contribution in [0.15, 0.2) is 6.07 Å². The smallest absolute Gasteiger partial charge is 0.306 e. The number of esters is 1. The number of aryl methyl sites for hydroxylation is 1. The van der Waals surface area contributed by atoms with Crippen LogP contribution in [-0.2, 0) is 26.2 Å². The van der Waals surface area contributed by atoms with Gasteiger partial charge in [-0.15, -0.1) is 0 Å². The average molecular weight is 538 g/mol. The van der Waals surface area contributed by atoms with E-state index in [1.165, 1.54) is 0 Å². The fraction of sp³-hybridized carbons (Fsp3) is 0.667. The number of nitrogens with one attached hydrogen (secondary N) is 3. The van der Waals surface area contributed by atoms with Gasteiger partial charge in [0.1, 0.15) is 12.3 Å². The molecule has 2 aliphatic rings. The Morgan fingerprint density at radius 1 is 1.24 bits per heavy atom. The zero-order valence-corrected chi connectivity index (χ0v) is 22.4. The molecule has 2 unspecified atom stereocenters. The van der Waals surface area contributed by atoms with E-state index in [2.05, 4.69) is 30.8 Å². The maximum Gasteiger partial charge on any atom is 0.306 e. The lowest BCUT2D eigenvalue weighted by atomic mass is 9.80. The minimum absolute atomic E-state index is 0.00654. The number of hydrogen-bond donors (Lipinski definition) is 3. The Morgan fingerprint density at radius 3 is 2.59 bits per heavy atom. The Labute approximate surface area is 217 Å². The Morgan fingerprint density at radius 2 is 1.97 bits per heavy atom. The van der Waals surface area contributed by atoms with Crippen molar-refractivity contribution in [2.45, 2.75) is 84.4 Å². The second-order valence-electron chi connectivity index (χ2n) is 9.82. The van der Waals surface area contributed by atoms with E-state index in [1.54, 1.807) is 17.3 Å². The van der Waals surface area contributed by atoms with Crippen molar-refractivity contribution >= 4 is 33.6 Å². The molecular formula is C24H36FN7O4S. The Hall–Kier alpha value is -2.80. The first kappa shape index (κ1) is 27.2. The molecule has 0 radical (unpaired) electrons. The van der Waals surface area contributed by atoms with Gasteiger partial charge in [-0.25, -0.2) is 17.8 Å². The predicted molar refractivity (Wildman–Crippen MR) is 137 cm³/mol. The Balaban J connectivity index is 1.49. The van der Waals surface area contributed by atoms with Crippen molar-refractivity contribution in [1.82, 2.24) is 24.5 Å². The number of ether oxygens (including phenoxy) is 1. The maximum atomic E-state index is 15.2. The average Bonchev–Trinajstić information content (AvgIpc) is 3.27. The molecule has 2 atom stereocenters. The van der Waals surface area contributed by atoms with E-state index in [4.69, 9.17) is 4.74 Å². The number of fused-ring (bicyclic) bond motifs is 2. The monoisotopic (exact) mass is 537 g/mol. The van der Waals surface area contributed by atoms with Crippen molar-refractivity contribution in [3.63, 3.8) is 0 Å². The molecule has 11 nitrogen and oxygen atoms in total. The van der Waals surface area contributed by atoms with E-state index in [0.29, 0.717) is 18.8 Å². The molecule has 37 heavy (non-hydrogen) atoms. The maximum absolute atomic E-state index is 15.2. The lowest BCUT2D eigenvalue weighted by Crippen LogP contribution is -2.55. The molecule has 0 saturated carbocycles. The molecule has 0 aromatic carbocycles. The SMILES string of the molecule is CCCC(=O)OCc1nc(NCC2CC3CCCC(C2)N3S(=O)(=O)CC)nc(Nc2cc(C)[nH]n2)c1F. The van der Waals surface area contributed by atoms with E-state index in [1.807, 2.05) is 13.8 Å². The molecule has 0 aliphatic carbocycles. The lowest BCUT2D eigenvalue weighted by molar-refractivity contribution is -0.145. The molecule has 2 aliphatic heterocycles. The molecule has 0 spiro atoms. The van der Waals surface area contributed by atoms with E-state index >= 15 is 4.39 Å². The van der Waals surface area contributed by atoms with Crippen LogP contribution in [0.4, 0.5) is 22.0 Å². The third-order valence-corrected chi connectivity index (χ3v) is 8.90. The highest BCUT2D eigenvalue weighted by atomic mass is 32.2. The minimum atomic E-state index is -3.24. The lowest BCUT2D eigenvalue weighted by Gasteiger charge is -2.47. The third kappa shape index (κ3) is 6.56. The molecule has 3 N–H and O–H groups in total. The van der Waals surface area contributed by atoms with Crippen molar-refractivity contribution in [2.75, 3.05) is 22.9 Å². The molecule has 2 fully saturated rings. The summed E-state index contributed by atoms with van der Waals surface area (Å²) in [6.07, 6.45) is 5.14. The van der Waals surface area contributed by atoms with Crippen LogP contribution in [0.25, 0.3) is 0 Å². The number of hydrogen-bond acceptors (Lipinski definition) is 9. The van der Waals surface area contributed by atoms with Crippen LogP contribution in [0, 0.1) is 18.7 Å². The molecule has 204 valence electrons. The summed E-state index contributed by atoms with van der Waals surface area (Å²) in [5.74, 6) is -0.284. The number of rotatable bonds is 11. The number of carbonyl (C=O) groups is 1. The molecule has 2 aromatic heterocycles. The zero-order valence-electron chi connectivity index (χ0n) is 21.6. The van der Waals surface area contributed by atoms with E-state index < -0.39 is 21.8 Å². The third-order valence-electron chi connectivity index (χ3n) is 6.94. The normalized spacial score (nSPS) is 22.0. The van der Waals surface area contributed by atoms with Crippen LogP contribution in [0.1, 0.15) is 70.2 Å². The number of nitrogens with zero attached hydrogens (tertiary/aromatic N) is 4. The van der Waals surface area contributed by atoms with E-state index in [0.717, 1.165) is 37.8 Å². The second-order valence-corrected chi connectivity index (χ2v) is 12.0. The highest BCUT2D eigenvalue weighted by molar-refractivity contribution is 7.89. The summed E-state index contributed by atoms with van der Waals surface area (Å²) in [6, 6.07) is 1.73. The van der Waals surface area contributed by atoms with Gasteiger partial charge in [0.05, 0.1) is 5.75 Å². The van der Waals surface area contributed by atoms with Gasteiger partial charge in [-0.3, -0.25) is 9.89 Å². The van der Waals surface area contributed by atoms with Gasteiger partial charge in [-0.1, -0.05) is 13.3 Å². The van der Waals surface area contributed by atoms with Gasteiger partial charge in [0.25, 0.3) is 0 Å². The summed E-state index contributed by atoms with van der Waals surface area (Å²) in [5.41, 5.74) is 0.753. The quantitative estimate of drug-likeness (QED) is 0.366. The number of sulfonamides is 1. The Kier molecular flexibility index (Phi) is 8.63. The highest BCUT2D eigenvalue weighted by Crippen LogP contribution is 2.39. The zero-order chi connectivity index (χ0) is 26.6. The van der Waals surface area contributed by atoms with Crippen molar-refractivity contribution in [3.05, 3.63) is 23.3 Å². The first-order valence-corrected chi connectivity index (χ1v) is 14.6. The van der Waals surface area contributed by atoms with Crippen LogP contribution in [0.3, 0.4) is 0 Å². The van der Waals surface area contributed by atoms with Gasteiger partial charge >= 0.3 is 5.97 Å². The number of H-pyrrole nitrogens is 1. The van der Waals surface area contributed by atoms with Crippen molar-refractivity contribution in [3.8, 4) is 0 Å². The fourth-order valence-electron chi connectivity index (χ4n) is 5.24. The van der Waals surface area contributed by atoms with Crippen LogP contribution in [-0.4, -0.2) is 63.2 Å². The number of carbonyl (C=O) groups excluding carboxylic acids is 1. The molecule has 2 bridgehead atoms. The first-order chi connectivity index (χ1) is 17.7. The number of halogens is 1. The summed E-state index contributed by atoms with van der Waals surface area (Å²) in [4.78, 5) is 20.5. The van der Waals surface area contributed by atoms with E-state index in [-0.39, 0.29) is 54.2 Å². The van der Waals surface area contributed by atoms with Gasteiger partial charge in [0.15, 0.2) is 17.5 Å². The Bertz CT molecular complexity index is 1190. The fourth-order valence-corrected chi connectivity index (χ4v) is 6.83. The number of anilines is 3. The molecule has 4 heterocycles. The topological polar surface area (TPSA) is 142 Å². The molecule has 0 amide bonds. The summed E-state index contributed by atoms with van der Waals surface area (Å²) in [6.45, 7) is 5.59. The molecular weight excluding hydrogens is 501 g/mol. The van der Waals surface area contributed by atoms with E-state index in [9.17, 15) is 13.2 Å². The summed E-state index contributed by atoms with van der Waals surface area (Å²) in [7, 11) is -3.24. The molecule has 4 rings (SSSR count). The largest absolute Gasteiger partial charge is 0.459 e. The van der Waals surface area contributed by atoms with Gasteiger partial charge in [-0.05, 0) is 51.9 Å². The van der Waals surface area contributed by atoms with Gasteiger partial charge < -0.3 is 15.4 Å². The van der Waals surface area contributed by atoms with Crippen LogP contribution in [0.5, 0.6) is 0 Å². The van der Waals surface area contributed by atoms with Crippen molar-refractivity contribution in [2.24, 2.45) is 5.92 Å². The molecule has 2 saturated heterocycles. The van der Waals surface area contributed by atoms with Gasteiger partial charge in [0, 0.05) is 36.8 Å². The van der Waals surface area contributed by atoms with Gasteiger partial charge in [0.2, 0.25) is 16.0 Å². The van der Waals surface area contributed by atoms with Crippen LogP contribution >= 0.6 is 0 Å². The second kappa shape index (κ2) is 11.7. The number of piperidine rings is 2. The van der Waals surface area contributed by atoms with Crippen LogP contribution in [0.2, 0.25) is 0 Å². The number of aromatic nitrogens is 4. The summed E-state index contributed by atoms with van der Waals surface area (Å²) < 4.78 is 47.5. The van der Waals surface area contributed by atoms with Crippen LogP contribution < -0.4 is 10.6 Å².